The van der Waals surface area contributed by atoms with Crippen LogP contribution >= 0.6 is 0 Å². The van der Waals surface area contributed by atoms with Gasteiger partial charge in [0.25, 0.3) is 0 Å². The molecule has 0 spiro atoms. The summed E-state index contributed by atoms with van der Waals surface area (Å²) in [5.41, 5.74) is 8.15. The first-order chi connectivity index (χ1) is 21.4. The Hall–Kier alpha value is -4.40. The van der Waals surface area contributed by atoms with E-state index in [4.69, 9.17) is 18.9 Å². The van der Waals surface area contributed by atoms with E-state index in [1.165, 1.54) is 22.3 Å². The predicted octanol–water partition coefficient (Wildman–Crippen LogP) is 5.66. The van der Waals surface area contributed by atoms with Crippen molar-refractivity contribution >= 4 is 0 Å². The molecule has 0 amide bonds. The SMILES string of the molecule is COc1cc2c(cc1OC)[C@@H](Cc1ccc(O)c(-c3cc(C[C@H]4NCCc5cc(OC)c(OC)cc54)ccc3O)c1)NCC2. The molecule has 4 aromatic rings. The smallest absolute Gasteiger partial charge is 0.161 e. The molecule has 2 aliphatic rings. The Balaban J connectivity index is 1.28. The van der Waals surface area contributed by atoms with Crippen molar-refractivity contribution in [2.24, 2.45) is 0 Å². The fraction of sp³-hybridized carbons (Fsp3) is 0.333. The molecular weight excluding hydrogens is 556 g/mol. The van der Waals surface area contributed by atoms with E-state index in [0.717, 1.165) is 48.6 Å². The average Bonchev–Trinajstić information content (AvgIpc) is 3.05. The van der Waals surface area contributed by atoms with Crippen molar-refractivity contribution in [2.45, 2.75) is 37.8 Å². The molecule has 0 saturated carbocycles. The molecule has 2 heterocycles. The van der Waals surface area contributed by atoms with E-state index in [1.54, 1.807) is 40.6 Å². The van der Waals surface area contributed by atoms with Gasteiger partial charge in [-0.25, -0.2) is 0 Å². The molecule has 0 fully saturated rings. The van der Waals surface area contributed by atoms with E-state index < -0.39 is 0 Å². The number of benzene rings is 4. The summed E-state index contributed by atoms with van der Waals surface area (Å²) in [6, 6.07) is 19.7. The predicted molar refractivity (Wildman–Crippen MR) is 171 cm³/mol. The Morgan fingerprint density at radius 1 is 0.568 bits per heavy atom. The van der Waals surface area contributed by atoms with Crippen LogP contribution < -0.4 is 29.6 Å². The van der Waals surface area contributed by atoms with Gasteiger partial charge in [-0.1, -0.05) is 12.1 Å². The summed E-state index contributed by atoms with van der Waals surface area (Å²) < 4.78 is 22.2. The number of nitrogens with one attached hydrogen (secondary N) is 2. The van der Waals surface area contributed by atoms with Crippen molar-refractivity contribution in [3.05, 3.63) is 94.0 Å². The molecule has 2 atom stereocenters. The van der Waals surface area contributed by atoms with Crippen LogP contribution in [0.4, 0.5) is 0 Å². The minimum absolute atomic E-state index is 0.0731. The summed E-state index contributed by atoms with van der Waals surface area (Å²) in [6.45, 7) is 1.72. The molecule has 0 aromatic heterocycles. The number of hydrogen-bond acceptors (Lipinski definition) is 8. The van der Waals surface area contributed by atoms with Gasteiger partial charge in [0, 0.05) is 23.2 Å². The molecular formula is C36H40N2O6. The molecule has 0 saturated heterocycles. The normalized spacial score (nSPS) is 17.4. The first-order valence-corrected chi connectivity index (χ1v) is 15.0. The summed E-state index contributed by atoms with van der Waals surface area (Å²) in [6.07, 6.45) is 3.25. The highest BCUT2D eigenvalue weighted by Crippen LogP contribution is 2.41. The Bertz CT molecular complexity index is 1550. The summed E-state index contributed by atoms with van der Waals surface area (Å²) in [4.78, 5) is 0. The fourth-order valence-corrected chi connectivity index (χ4v) is 6.62. The van der Waals surface area contributed by atoms with Crippen molar-refractivity contribution < 1.29 is 29.2 Å². The Morgan fingerprint density at radius 3 is 1.34 bits per heavy atom. The standard InChI is InChI=1S/C36H40N2O6/c1-41-33-17-23-9-11-37-29(25(23)19-35(33)43-3)15-21-5-7-31(39)27(13-21)28-14-22(6-8-32(28)40)16-30-26-20-36(44-4)34(42-2)18-24(26)10-12-38-30/h5-8,13-14,17-20,29-30,37-40H,9-12,15-16H2,1-4H3/t29-,30-/m1/s1. The van der Waals surface area contributed by atoms with E-state index in [-0.39, 0.29) is 23.6 Å². The van der Waals surface area contributed by atoms with Crippen molar-refractivity contribution in [3.8, 4) is 45.6 Å². The zero-order valence-electron chi connectivity index (χ0n) is 25.7. The molecule has 0 bridgehead atoms. The van der Waals surface area contributed by atoms with Crippen LogP contribution in [0.2, 0.25) is 0 Å². The quantitative estimate of drug-likeness (QED) is 0.197. The molecule has 8 heteroatoms. The van der Waals surface area contributed by atoms with Gasteiger partial charge in [0.1, 0.15) is 11.5 Å². The summed E-state index contributed by atoms with van der Waals surface area (Å²) >= 11 is 0. The number of rotatable bonds is 9. The van der Waals surface area contributed by atoms with Crippen LogP contribution in [0.15, 0.2) is 60.7 Å². The van der Waals surface area contributed by atoms with Crippen LogP contribution in [0.5, 0.6) is 34.5 Å². The number of fused-ring (bicyclic) bond motifs is 2. The molecule has 4 aromatic carbocycles. The Kier molecular flexibility index (Phi) is 8.55. The lowest BCUT2D eigenvalue weighted by molar-refractivity contribution is 0.352. The van der Waals surface area contributed by atoms with Crippen LogP contribution in [0.25, 0.3) is 11.1 Å². The third kappa shape index (κ3) is 5.75. The van der Waals surface area contributed by atoms with Gasteiger partial charge in [-0.3, -0.25) is 0 Å². The maximum absolute atomic E-state index is 11.0. The van der Waals surface area contributed by atoms with Crippen molar-refractivity contribution in [3.63, 3.8) is 0 Å². The zero-order valence-corrected chi connectivity index (χ0v) is 25.7. The maximum Gasteiger partial charge on any atom is 0.161 e. The molecule has 8 nitrogen and oxygen atoms in total. The average molecular weight is 597 g/mol. The van der Waals surface area contributed by atoms with E-state index in [9.17, 15) is 10.2 Å². The monoisotopic (exact) mass is 596 g/mol. The van der Waals surface area contributed by atoms with Gasteiger partial charge in [0.15, 0.2) is 23.0 Å². The van der Waals surface area contributed by atoms with Crippen LogP contribution in [0.3, 0.4) is 0 Å². The first kappa shape index (κ1) is 29.7. The van der Waals surface area contributed by atoms with Crippen LogP contribution in [-0.4, -0.2) is 51.7 Å². The maximum atomic E-state index is 11.0. The Labute approximate surface area is 258 Å². The van der Waals surface area contributed by atoms with Gasteiger partial charge in [-0.05, 0) is 121 Å². The number of hydrogen-bond donors (Lipinski definition) is 4. The number of aromatic hydroxyl groups is 2. The van der Waals surface area contributed by atoms with Crippen LogP contribution in [0.1, 0.15) is 45.5 Å². The first-order valence-electron chi connectivity index (χ1n) is 15.0. The van der Waals surface area contributed by atoms with Crippen LogP contribution in [0, 0.1) is 0 Å². The second kappa shape index (κ2) is 12.7. The van der Waals surface area contributed by atoms with E-state index in [2.05, 4.69) is 34.9 Å². The van der Waals surface area contributed by atoms with E-state index in [0.29, 0.717) is 35.5 Å². The van der Waals surface area contributed by atoms with Gasteiger partial charge >= 0.3 is 0 Å². The number of methoxy groups -OCH3 is 4. The Morgan fingerprint density at radius 2 is 0.955 bits per heavy atom. The van der Waals surface area contributed by atoms with Gasteiger partial charge in [-0.2, -0.15) is 0 Å². The molecule has 0 unspecified atom stereocenters. The molecule has 0 radical (unpaired) electrons. The van der Waals surface area contributed by atoms with Gasteiger partial charge in [0.05, 0.1) is 28.4 Å². The molecule has 6 rings (SSSR count). The third-order valence-corrected chi connectivity index (χ3v) is 8.90. The lowest BCUT2D eigenvalue weighted by Gasteiger charge is -2.29. The number of phenolic OH excluding ortho intramolecular Hbond substituents is 2. The minimum Gasteiger partial charge on any atom is -0.507 e. The highest BCUT2D eigenvalue weighted by molar-refractivity contribution is 5.76. The van der Waals surface area contributed by atoms with Crippen molar-refractivity contribution in [1.29, 1.82) is 0 Å². The number of phenols is 2. The van der Waals surface area contributed by atoms with E-state index >= 15 is 0 Å². The summed E-state index contributed by atoms with van der Waals surface area (Å²) in [5, 5.41) is 29.2. The zero-order chi connectivity index (χ0) is 30.8. The molecule has 2 aliphatic heterocycles. The molecule has 230 valence electrons. The van der Waals surface area contributed by atoms with E-state index in [1.807, 2.05) is 24.3 Å². The van der Waals surface area contributed by atoms with Crippen LogP contribution in [-0.2, 0) is 25.7 Å². The lowest BCUT2D eigenvalue weighted by Crippen LogP contribution is -2.31. The number of ether oxygens (including phenoxy) is 4. The summed E-state index contributed by atoms with van der Waals surface area (Å²) in [7, 11) is 6.62. The van der Waals surface area contributed by atoms with Crippen molar-refractivity contribution in [1.82, 2.24) is 10.6 Å². The minimum atomic E-state index is 0.0731. The summed E-state index contributed by atoms with van der Waals surface area (Å²) in [5.74, 6) is 3.14. The van der Waals surface area contributed by atoms with Gasteiger partial charge in [-0.15, -0.1) is 0 Å². The second-order valence-electron chi connectivity index (χ2n) is 11.4. The lowest BCUT2D eigenvalue weighted by atomic mass is 9.88. The largest absolute Gasteiger partial charge is 0.507 e. The highest BCUT2D eigenvalue weighted by Gasteiger charge is 2.25. The van der Waals surface area contributed by atoms with Gasteiger partial charge in [0.2, 0.25) is 0 Å². The topological polar surface area (TPSA) is 101 Å². The fourth-order valence-electron chi connectivity index (χ4n) is 6.62. The molecule has 0 aliphatic carbocycles. The highest BCUT2D eigenvalue weighted by atomic mass is 16.5. The van der Waals surface area contributed by atoms with Crippen molar-refractivity contribution in [2.75, 3.05) is 41.5 Å². The third-order valence-electron chi connectivity index (χ3n) is 8.90. The molecule has 44 heavy (non-hydrogen) atoms. The van der Waals surface area contributed by atoms with Gasteiger partial charge < -0.3 is 39.8 Å². The second-order valence-corrected chi connectivity index (χ2v) is 11.4. The molecule has 4 N–H and O–H groups in total.